The van der Waals surface area contributed by atoms with Gasteiger partial charge in [-0.1, -0.05) is 18.6 Å². The van der Waals surface area contributed by atoms with Crippen LogP contribution in [0, 0.1) is 5.92 Å². The first-order valence-corrected chi connectivity index (χ1v) is 10.6. The Labute approximate surface area is 155 Å². The highest BCUT2D eigenvalue weighted by atomic mass is 32.2. The first-order valence-electron chi connectivity index (χ1n) is 9.15. The smallest absolute Gasteiger partial charge is 0.243 e. The van der Waals surface area contributed by atoms with Gasteiger partial charge in [0.1, 0.15) is 5.75 Å². The van der Waals surface area contributed by atoms with Gasteiger partial charge in [0.05, 0.1) is 17.7 Å². The van der Waals surface area contributed by atoms with Gasteiger partial charge in [-0.15, -0.1) is 0 Å². The zero-order chi connectivity index (χ0) is 18.6. The zero-order valence-corrected chi connectivity index (χ0v) is 15.9. The molecule has 1 aliphatic heterocycles. The van der Waals surface area contributed by atoms with Crippen molar-refractivity contribution in [2.75, 3.05) is 25.5 Å². The van der Waals surface area contributed by atoms with Gasteiger partial charge in [-0.25, -0.2) is 8.42 Å². The van der Waals surface area contributed by atoms with Gasteiger partial charge in [0.25, 0.3) is 0 Å². The third-order valence-electron chi connectivity index (χ3n) is 4.96. The molecule has 1 aliphatic carbocycles. The summed E-state index contributed by atoms with van der Waals surface area (Å²) in [5, 5.41) is 2.82. The van der Waals surface area contributed by atoms with E-state index in [0.717, 1.165) is 32.1 Å². The summed E-state index contributed by atoms with van der Waals surface area (Å²) in [5.74, 6) is 0.575. The number of rotatable bonds is 6. The van der Waals surface area contributed by atoms with Crippen molar-refractivity contribution in [1.29, 1.82) is 0 Å². The molecule has 0 radical (unpaired) electrons. The normalized spacial score (nSPS) is 20.9. The molecular formula is C19H26N2O4S. The number of carbonyl (C=O) groups is 1. The van der Waals surface area contributed by atoms with Crippen LogP contribution in [0.2, 0.25) is 0 Å². The van der Waals surface area contributed by atoms with Crippen molar-refractivity contribution in [2.45, 2.75) is 43.4 Å². The largest absolute Gasteiger partial charge is 0.495 e. The minimum absolute atomic E-state index is 0.132. The molecule has 1 amide bonds. The van der Waals surface area contributed by atoms with Crippen LogP contribution in [0.3, 0.4) is 0 Å². The number of sulfonamides is 1. The number of allylic oxidation sites excluding steroid dienone is 2. The predicted molar refractivity (Wildman–Crippen MR) is 101 cm³/mol. The van der Waals surface area contributed by atoms with Crippen molar-refractivity contribution in [1.82, 2.24) is 4.31 Å². The molecule has 1 aromatic carbocycles. The Balaban J connectivity index is 1.79. The Morgan fingerprint density at radius 2 is 2.04 bits per heavy atom. The first kappa shape index (κ1) is 18.9. The van der Waals surface area contributed by atoms with Crippen LogP contribution in [0.5, 0.6) is 5.75 Å². The van der Waals surface area contributed by atoms with E-state index in [9.17, 15) is 13.2 Å². The summed E-state index contributed by atoms with van der Waals surface area (Å²) in [6.07, 6.45) is 9.35. The van der Waals surface area contributed by atoms with Gasteiger partial charge in [-0.05, 0) is 49.8 Å². The third kappa shape index (κ3) is 4.27. The van der Waals surface area contributed by atoms with Crippen LogP contribution >= 0.6 is 0 Å². The fraction of sp³-hybridized carbons (Fsp3) is 0.526. The number of piperidine rings is 1. The number of hydrogen-bond acceptors (Lipinski definition) is 4. The summed E-state index contributed by atoms with van der Waals surface area (Å²) in [4.78, 5) is 12.5. The van der Waals surface area contributed by atoms with E-state index in [1.54, 1.807) is 6.07 Å². The lowest BCUT2D eigenvalue weighted by Gasteiger charge is -2.26. The Hall–Kier alpha value is -1.86. The Morgan fingerprint density at radius 3 is 2.69 bits per heavy atom. The van der Waals surface area contributed by atoms with E-state index in [-0.39, 0.29) is 16.7 Å². The molecule has 7 heteroatoms. The minimum Gasteiger partial charge on any atom is -0.495 e. The number of ether oxygens (including phenoxy) is 1. The Morgan fingerprint density at radius 1 is 1.27 bits per heavy atom. The summed E-state index contributed by atoms with van der Waals surface area (Å²) < 4.78 is 32.5. The fourth-order valence-corrected chi connectivity index (χ4v) is 5.05. The molecule has 1 N–H and O–H groups in total. The van der Waals surface area contributed by atoms with Crippen LogP contribution in [-0.4, -0.2) is 38.8 Å². The standard InChI is InChI=1S/C19H26N2O4S/c1-25-18-10-9-16(26(23,24)21-11-5-2-6-12-21)14-17(18)20-19(22)13-15-7-3-4-8-15/h3,7,9-10,14-15H,2,4-6,8,11-13H2,1H3,(H,20,22). The highest BCUT2D eigenvalue weighted by molar-refractivity contribution is 7.89. The van der Waals surface area contributed by atoms with E-state index in [0.29, 0.717) is 30.9 Å². The number of anilines is 1. The number of hydrogen-bond donors (Lipinski definition) is 1. The summed E-state index contributed by atoms with van der Waals surface area (Å²) >= 11 is 0. The molecule has 0 saturated carbocycles. The SMILES string of the molecule is COc1ccc(S(=O)(=O)N2CCCCC2)cc1NC(=O)CC1C=CCC1. The summed E-state index contributed by atoms with van der Waals surface area (Å²) in [7, 11) is -2.05. The third-order valence-corrected chi connectivity index (χ3v) is 6.85. The molecule has 0 aromatic heterocycles. The van der Waals surface area contributed by atoms with Gasteiger partial charge in [0.2, 0.25) is 15.9 Å². The summed E-state index contributed by atoms with van der Waals surface area (Å²) in [6, 6.07) is 4.64. The molecular weight excluding hydrogens is 352 g/mol. The Bertz CT molecular complexity index is 783. The first-order chi connectivity index (χ1) is 12.5. The number of carbonyl (C=O) groups excluding carboxylic acids is 1. The summed E-state index contributed by atoms with van der Waals surface area (Å²) in [6.45, 7) is 1.09. The van der Waals surface area contributed by atoms with E-state index >= 15 is 0 Å². The van der Waals surface area contributed by atoms with Crippen LogP contribution in [0.25, 0.3) is 0 Å². The van der Waals surface area contributed by atoms with Crippen molar-refractivity contribution in [3.8, 4) is 5.75 Å². The van der Waals surface area contributed by atoms with Crippen LogP contribution < -0.4 is 10.1 Å². The topological polar surface area (TPSA) is 75.7 Å². The van der Waals surface area contributed by atoms with Gasteiger partial charge >= 0.3 is 0 Å². The van der Waals surface area contributed by atoms with Crippen molar-refractivity contribution in [2.24, 2.45) is 5.92 Å². The zero-order valence-electron chi connectivity index (χ0n) is 15.1. The van der Waals surface area contributed by atoms with Gasteiger partial charge in [0, 0.05) is 19.5 Å². The molecule has 6 nitrogen and oxygen atoms in total. The van der Waals surface area contributed by atoms with Crippen molar-refractivity contribution >= 4 is 21.6 Å². The second-order valence-corrected chi connectivity index (χ2v) is 8.78. The predicted octanol–water partition coefficient (Wildman–Crippen LogP) is 3.16. The molecule has 1 saturated heterocycles. The average Bonchev–Trinajstić information content (AvgIpc) is 3.15. The van der Waals surface area contributed by atoms with Crippen LogP contribution in [0.15, 0.2) is 35.2 Å². The van der Waals surface area contributed by atoms with Gasteiger partial charge in [-0.3, -0.25) is 4.79 Å². The van der Waals surface area contributed by atoms with Crippen molar-refractivity contribution in [3.05, 3.63) is 30.4 Å². The van der Waals surface area contributed by atoms with E-state index in [1.807, 2.05) is 0 Å². The average molecular weight is 378 g/mol. The van der Waals surface area contributed by atoms with Gasteiger partial charge in [-0.2, -0.15) is 4.31 Å². The summed E-state index contributed by atoms with van der Waals surface area (Å²) in [5.41, 5.74) is 0.401. The molecule has 1 heterocycles. The molecule has 0 bridgehead atoms. The molecule has 26 heavy (non-hydrogen) atoms. The quantitative estimate of drug-likeness (QED) is 0.772. The van der Waals surface area contributed by atoms with Crippen LogP contribution in [0.4, 0.5) is 5.69 Å². The second kappa shape index (κ2) is 8.22. The number of benzene rings is 1. The van der Waals surface area contributed by atoms with E-state index in [1.165, 1.54) is 23.5 Å². The Kier molecular flexibility index (Phi) is 5.98. The van der Waals surface area contributed by atoms with Gasteiger partial charge in [0.15, 0.2) is 0 Å². The lowest BCUT2D eigenvalue weighted by atomic mass is 10.1. The lowest BCUT2D eigenvalue weighted by molar-refractivity contribution is -0.116. The fourth-order valence-electron chi connectivity index (χ4n) is 3.50. The maximum atomic E-state index is 12.9. The molecule has 0 spiro atoms. The monoisotopic (exact) mass is 378 g/mol. The number of nitrogens with zero attached hydrogens (tertiary/aromatic N) is 1. The van der Waals surface area contributed by atoms with Crippen molar-refractivity contribution in [3.63, 3.8) is 0 Å². The number of methoxy groups -OCH3 is 1. The molecule has 3 rings (SSSR count). The molecule has 1 fully saturated rings. The van der Waals surface area contributed by atoms with Gasteiger partial charge < -0.3 is 10.1 Å². The van der Waals surface area contributed by atoms with Crippen LogP contribution in [0.1, 0.15) is 38.5 Å². The highest BCUT2D eigenvalue weighted by Crippen LogP contribution is 2.30. The molecule has 142 valence electrons. The van der Waals surface area contributed by atoms with E-state index < -0.39 is 10.0 Å². The number of amides is 1. The van der Waals surface area contributed by atoms with E-state index in [4.69, 9.17) is 4.74 Å². The molecule has 1 unspecified atom stereocenters. The lowest BCUT2D eigenvalue weighted by Crippen LogP contribution is -2.35. The number of nitrogens with one attached hydrogen (secondary N) is 1. The molecule has 1 atom stereocenters. The minimum atomic E-state index is -3.55. The molecule has 2 aliphatic rings. The maximum Gasteiger partial charge on any atom is 0.243 e. The van der Waals surface area contributed by atoms with E-state index in [2.05, 4.69) is 17.5 Å². The highest BCUT2D eigenvalue weighted by Gasteiger charge is 2.27. The van der Waals surface area contributed by atoms with Crippen molar-refractivity contribution < 1.29 is 17.9 Å². The maximum absolute atomic E-state index is 12.9. The second-order valence-electron chi connectivity index (χ2n) is 6.84. The molecule has 1 aromatic rings. The van der Waals surface area contributed by atoms with Crippen LogP contribution in [-0.2, 0) is 14.8 Å².